The lowest BCUT2D eigenvalue weighted by Crippen LogP contribution is -2.25. The lowest BCUT2D eigenvalue weighted by molar-refractivity contribution is -0.109. The topological polar surface area (TPSA) is 59.8 Å². The van der Waals surface area contributed by atoms with Crippen molar-refractivity contribution < 1.29 is 13.6 Å². The number of carbonyl (C=O) groups is 1. The fraction of sp³-hybridized carbons (Fsp3) is 0.654. The summed E-state index contributed by atoms with van der Waals surface area (Å²) in [5.41, 5.74) is 2.26. The quantitative estimate of drug-likeness (QED) is 0.301. The van der Waals surface area contributed by atoms with Crippen LogP contribution < -0.4 is 5.32 Å². The van der Waals surface area contributed by atoms with Crippen molar-refractivity contribution in [3.63, 3.8) is 0 Å². The van der Waals surface area contributed by atoms with Crippen LogP contribution in [0.15, 0.2) is 36.0 Å². The van der Waals surface area contributed by atoms with Crippen LogP contribution in [0.5, 0.6) is 0 Å². The molecule has 1 atom stereocenters. The van der Waals surface area contributed by atoms with Crippen LogP contribution in [0.3, 0.4) is 0 Å². The Balaban J connectivity index is 0.000000608. The number of aryl methyl sites for hydroxylation is 2. The van der Waals surface area contributed by atoms with E-state index in [9.17, 15) is 13.6 Å². The summed E-state index contributed by atoms with van der Waals surface area (Å²) in [7, 11) is 0.500. The zero-order valence-corrected chi connectivity index (χ0v) is 21.2. The highest BCUT2D eigenvalue weighted by Crippen LogP contribution is 2.27. The van der Waals surface area contributed by atoms with Gasteiger partial charge in [0.2, 0.25) is 6.41 Å². The number of hydrogen-bond acceptors (Lipinski definition) is 3. The van der Waals surface area contributed by atoms with E-state index in [2.05, 4.69) is 29.0 Å². The predicted octanol–water partition coefficient (Wildman–Crippen LogP) is 6.46. The van der Waals surface area contributed by atoms with E-state index in [-0.39, 0.29) is 6.04 Å². The fourth-order valence-electron chi connectivity index (χ4n) is 3.86. The molecule has 1 aromatic heterocycles. The molecule has 1 N–H and O–H groups in total. The first-order valence-corrected chi connectivity index (χ1v) is 12.0. The molecule has 2 rings (SSSR count). The van der Waals surface area contributed by atoms with Gasteiger partial charge in [-0.05, 0) is 39.5 Å². The highest BCUT2D eigenvalue weighted by molar-refractivity contribution is 5.48. The Morgan fingerprint density at radius 3 is 2.30 bits per heavy atom. The van der Waals surface area contributed by atoms with E-state index in [1.54, 1.807) is 10.6 Å². The van der Waals surface area contributed by atoms with Gasteiger partial charge in [0.05, 0.1) is 7.18 Å². The van der Waals surface area contributed by atoms with E-state index in [1.807, 2.05) is 32.9 Å². The van der Waals surface area contributed by atoms with E-state index in [0.717, 1.165) is 54.4 Å². The van der Waals surface area contributed by atoms with Gasteiger partial charge in [0.1, 0.15) is 11.6 Å². The molecule has 1 heterocycles. The third kappa shape index (κ3) is 12.5. The van der Waals surface area contributed by atoms with Crippen molar-refractivity contribution in [1.29, 1.82) is 0 Å². The largest absolute Gasteiger partial charge is 0.352 e. The van der Waals surface area contributed by atoms with Crippen LogP contribution >= 0.6 is 0 Å². The fourth-order valence-corrected chi connectivity index (χ4v) is 3.86. The highest BCUT2D eigenvalue weighted by Gasteiger charge is 2.16. The van der Waals surface area contributed by atoms with Gasteiger partial charge in [-0.15, -0.1) is 10.2 Å². The average molecular weight is 467 g/mol. The SMILES string of the molecule is C=C/C=C(C)\C=C(\C)C(C)NC=O.CCCc1nnc(CCC2CCCCC2)n1CF.CF. The number of allylic oxidation sites excluding steroid dienone is 4. The van der Waals surface area contributed by atoms with Crippen LogP contribution in [0.1, 0.15) is 84.3 Å². The van der Waals surface area contributed by atoms with Crippen molar-refractivity contribution >= 4 is 6.41 Å². The van der Waals surface area contributed by atoms with Gasteiger partial charge in [-0.3, -0.25) is 13.8 Å². The minimum Gasteiger partial charge on any atom is -0.352 e. The molecule has 1 aliphatic rings. The monoisotopic (exact) mass is 466 g/mol. The maximum absolute atomic E-state index is 13.1. The number of alkyl halides is 2. The first-order valence-electron chi connectivity index (χ1n) is 12.0. The summed E-state index contributed by atoms with van der Waals surface area (Å²) in [6.07, 6.45) is 17.0. The van der Waals surface area contributed by atoms with Crippen molar-refractivity contribution in [3.05, 3.63) is 47.6 Å². The summed E-state index contributed by atoms with van der Waals surface area (Å²) in [6, 6.07) is 0.0886. The lowest BCUT2D eigenvalue weighted by atomic mass is 9.86. The molecule has 0 saturated heterocycles. The highest BCUT2D eigenvalue weighted by atomic mass is 19.1. The summed E-state index contributed by atoms with van der Waals surface area (Å²) in [4.78, 5) is 10.2. The number of carbonyl (C=O) groups excluding carboxylic acids is 1. The van der Waals surface area contributed by atoms with Gasteiger partial charge in [-0.1, -0.05) is 75.0 Å². The molecule has 1 aliphatic carbocycles. The Morgan fingerprint density at radius 1 is 1.18 bits per heavy atom. The molecular formula is C26H44F2N4O. The van der Waals surface area contributed by atoms with E-state index in [0.29, 0.717) is 13.6 Å². The Labute approximate surface area is 199 Å². The maximum Gasteiger partial charge on any atom is 0.207 e. The maximum atomic E-state index is 13.1. The third-order valence-corrected chi connectivity index (χ3v) is 5.84. The second-order valence-corrected chi connectivity index (χ2v) is 8.41. The molecule has 0 spiro atoms. The molecule has 1 fully saturated rings. The molecule has 0 aliphatic heterocycles. The van der Waals surface area contributed by atoms with Crippen molar-refractivity contribution in [3.8, 4) is 0 Å². The van der Waals surface area contributed by atoms with Crippen molar-refractivity contribution in [2.75, 3.05) is 7.18 Å². The molecule has 1 unspecified atom stereocenters. The molecule has 0 radical (unpaired) electrons. The average Bonchev–Trinajstić information content (AvgIpc) is 3.22. The molecule has 0 bridgehead atoms. The van der Waals surface area contributed by atoms with Gasteiger partial charge in [0, 0.05) is 18.9 Å². The number of rotatable bonds is 11. The first kappa shape index (κ1) is 30.7. The van der Waals surface area contributed by atoms with Crippen molar-refractivity contribution in [1.82, 2.24) is 20.1 Å². The number of hydrogen-bond donors (Lipinski definition) is 1. The smallest absolute Gasteiger partial charge is 0.207 e. The number of aromatic nitrogens is 3. The summed E-state index contributed by atoms with van der Waals surface area (Å²) in [5, 5.41) is 11.0. The second kappa shape index (κ2) is 19.2. The normalized spacial score (nSPS) is 15.5. The Kier molecular flexibility index (Phi) is 17.8. The summed E-state index contributed by atoms with van der Waals surface area (Å²) in [6.45, 7) is 11.1. The van der Waals surface area contributed by atoms with Gasteiger partial charge >= 0.3 is 0 Å². The van der Waals surface area contributed by atoms with Crippen molar-refractivity contribution in [2.24, 2.45) is 5.92 Å². The molecule has 1 amide bonds. The van der Waals surface area contributed by atoms with Gasteiger partial charge in [0.15, 0.2) is 6.80 Å². The van der Waals surface area contributed by atoms with Gasteiger partial charge in [0.25, 0.3) is 0 Å². The number of nitrogens with one attached hydrogen (secondary N) is 1. The van der Waals surface area contributed by atoms with Crippen LogP contribution in [-0.4, -0.2) is 34.4 Å². The Morgan fingerprint density at radius 2 is 1.79 bits per heavy atom. The standard InChI is InChI=1S/C14H24FN3.C11H17NO.CH3F/c1-2-6-13-16-17-14(18(13)11-15)10-9-12-7-4-3-5-8-12;1-5-6-9(2)7-10(3)11(4)12-8-13;1-2/h12H,2-11H2,1H3;5-8,11H,1H2,2-4H3,(H,12,13);1H3/b;9-6-,10-7-;. The van der Waals surface area contributed by atoms with Crippen LogP contribution in [0.25, 0.3) is 0 Å². The second-order valence-electron chi connectivity index (χ2n) is 8.41. The van der Waals surface area contributed by atoms with E-state index in [1.165, 1.54) is 32.1 Å². The molecule has 188 valence electrons. The van der Waals surface area contributed by atoms with E-state index in [4.69, 9.17) is 0 Å². The van der Waals surface area contributed by atoms with E-state index >= 15 is 0 Å². The predicted molar refractivity (Wildman–Crippen MR) is 133 cm³/mol. The van der Waals surface area contributed by atoms with Gasteiger partial charge < -0.3 is 5.32 Å². The molecule has 0 aromatic carbocycles. The number of amides is 1. The van der Waals surface area contributed by atoms with Crippen LogP contribution in [-0.2, 0) is 24.4 Å². The van der Waals surface area contributed by atoms with E-state index < -0.39 is 6.80 Å². The number of nitrogens with zero attached hydrogens (tertiary/aromatic N) is 3. The van der Waals surface area contributed by atoms with Crippen LogP contribution in [0.2, 0.25) is 0 Å². The van der Waals surface area contributed by atoms with Gasteiger partial charge in [-0.25, -0.2) is 4.39 Å². The van der Waals surface area contributed by atoms with Crippen LogP contribution in [0.4, 0.5) is 8.78 Å². The van der Waals surface area contributed by atoms with Crippen LogP contribution in [0, 0.1) is 5.92 Å². The zero-order chi connectivity index (χ0) is 25.1. The minimum absolute atomic E-state index is 0.0886. The lowest BCUT2D eigenvalue weighted by Gasteiger charge is -2.21. The first-order chi connectivity index (χ1) is 16.0. The Bertz CT molecular complexity index is 722. The summed E-state index contributed by atoms with van der Waals surface area (Å²) < 4.78 is 24.2. The summed E-state index contributed by atoms with van der Waals surface area (Å²) >= 11 is 0. The molecule has 1 saturated carbocycles. The third-order valence-electron chi connectivity index (χ3n) is 5.84. The molecule has 7 heteroatoms. The molecule has 33 heavy (non-hydrogen) atoms. The van der Waals surface area contributed by atoms with Crippen molar-refractivity contribution in [2.45, 2.75) is 98.3 Å². The van der Waals surface area contributed by atoms with Gasteiger partial charge in [-0.2, -0.15) is 0 Å². The molecular weight excluding hydrogens is 422 g/mol. The minimum atomic E-state index is -0.484. The Hall–Kier alpha value is -2.31. The number of halogens is 2. The molecule has 1 aromatic rings. The molecule has 5 nitrogen and oxygen atoms in total. The summed E-state index contributed by atoms with van der Waals surface area (Å²) in [5.74, 6) is 2.46. The zero-order valence-electron chi connectivity index (χ0n) is 21.2.